The van der Waals surface area contributed by atoms with Crippen molar-refractivity contribution in [1.29, 1.82) is 0 Å². The van der Waals surface area contributed by atoms with Crippen molar-refractivity contribution in [2.75, 3.05) is 14.7 Å². The minimum absolute atomic E-state index is 0.0185. The Labute approximate surface area is 606 Å². The summed E-state index contributed by atoms with van der Waals surface area (Å²) >= 11 is 0. The van der Waals surface area contributed by atoms with Gasteiger partial charge >= 0.3 is 0 Å². The third-order valence-corrected chi connectivity index (χ3v) is 21.5. The van der Waals surface area contributed by atoms with Crippen molar-refractivity contribution >= 4 is 51.2 Å². The highest BCUT2D eigenvalue weighted by molar-refractivity contribution is 6.18. The first-order valence-electron chi connectivity index (χ1n) is 36.3. The predicted molar refractivity (Wildman–Crippen MR) is 435 cm³/mol. The van der Waals surface area contributed by atoms with Gasteiger partial charge in [0, 0.05) is 28.2 Å². The summed E-state index contributed by atoms with van der Waals surface area (Å²) in [5, 5.41) is 0. The van der Waals surface area contributed by atoms with Crippen LogP contribution in [-0.4, -0.2) is 0 Å². The zero-order valence-electron chi connectivity index (χ0n) is 59.1. The topological polar surface area (TPSA) is 9.72 Å². The molecule has 3 heteroatoms. The molecule has 3 aliphatic rings. The minimum Gasteiger partial charge on any atom is -0.305 e. The summed E-state index contributed by atoms with van der Waals surface area (Å²) < 4.78 is 0. The number of anilines is 9. The molecule has 2 aliphatic heterocycles. The van der Waals surface area contributed by atoms with Gasteiger partial charge in [-0.3, -0.25) is 0 Å². The molecule has 0 bridgehead atoms. The van der Waals surface area contributed by atoms with Crippen LogP contribution in [0.25, 0.3) is 89.0 Å². The van der Waals surface area contributed by atoms with Crippen molar-refractivity contribution in [3.63, 3.8) is 0 Å². The predicted octanol–water partition coefficient (Wildman–Crippen LogP) is 27.7. The van der Waals surface area contributed by atoms with Crippen LogP contribution in [0.2, 0.25) is 0 Å². The normalized spacial score (nSPS) is 13.0. The molecule has 103 heavy (non-hydrogen) atoms. The van der Waals surface area contributed by atoms with Gasteiger partial charge in [-0.2, -0.15) is 0 Å². The Morgan fingerprint density at radius 3 is 0.835 bits per heavy atom. The van der Waals surface area contributed by atoms with E-state index in [1.807, 2.05) is 0 Å². The fourth-order valence-corrected chi connectivity index (χ4v) is 16.3. The number of fused-ring (bicyclic) bond motifs is 6. The Morgan fingerprint density at radius 2 is 0.505 bits per heavy atom. The zero-order chi connectivity index (χ0) is 69.5. The van der Waals surface area contributed by atoms with Crippen LogP contribution in [-0.2, 0) is 17.3 Å². The van der Waals surface area contributed by atoms with Gasteiger partial charge in [0.1, 0.15) is 0 Å². The fourth-order valence-electron chi connectivity index (χ4n) is 16.3. The third-order valence-electron chi connectivity index (χ3n) is 21.5. The van der Waals surface area contributed by atoms with E-state index in [-0.39, 0.29) is 16.7 Å². The third kappa shape index (κ3) is 11.2. The number of rotatable bonds is 11. The van der Waals surface area contributed by atoms with Gasteiger partial charge in [0.2, 0.25) is 0 Å². The van der Waals surface area contributed by atoms with Crippen LogP contribution in [0.4, 0.5) is 51.2 Å². The summed E-state index contributed by atoms with van der Waals surface area (Å²) in [6.07, 6.45) is 0.860. The molecule has 0 radical (unpaired) electrons. The standard InChI is InChI=1S/C100H79N3/c1-99(2,3)81-51-45-68(46-52-81)74-49-55-89-91(62-74)103-92-63-75(69-47-53-82(54-48-69)100(4,5)6)50-56-90(92)102(97-87(72-37-21-11-22-38-72)60-79(67-31-15-8-16-32-67)61-88(97)73-39-23-12-24-40-73)94-65-80(95-83-43-27-25-41-76(83)57-77-42-26-28-44-84(77)95)64-93(98(94)103)101(89)96-85(70-33-17-9-18-34-70)58-78(66-29-13-7-14-30-66)59-86(96)71-35-19-10-20-36-71/h7-56,58-65,95H,57H2,1-6H3. The molecule has 0 unspecified atom stereocenters. The van der Waals surface area contributed by atoms with Gasteiger partial charge in [-0.1, -0.05) is 333 Å². The summed E-state index contributed by atoms with van der Waals surface area (Å²) in [6, 6.07) is 133. The first-order valence-corrected chi connectivity index (χ1v) is 36.3. The van der Waals surface area contributed by atoms with E-state index in [4.69, 9.17) is 0 Å². The van der Waals surface area contributed by atoms with Gasteiger partial charge in [-0.05, 0) is 184 Å². The molecule has 18 rings (SSSR count). The largest absolute Gasteiger partial charge is 0.305 e. The SMILES string of the molecule is CC(C)(C)c1ccc(-c2ccc3c(c2)N2c4cc(-c5ccc(C(C)(C)C)cc5)ccc4N(c4c(-c5ccccc5)cc(-c5ccccc5)cc4-c4ccccc4)c4cc(C5c6ccccc6Cc6ccccc65)cc(c42)N3c2c(-c3ccccc3)cc(-c3ccccc3)cc2-c2ccccc2)cc1. The molecule has 0 fully saturated rings. The van der Waals surface area contributed by atoms with Gasteiger partial charge in [0.05, 0.1) is 51.2 Å². The van der Waals surface area contributed by atoms with Crippen LogP contribution in [0.15, 0.2) is 352 Å². The van der Waals surface area contributed by atoms with E-state index in [0.717, 1.165) is 147 Å². The van der Waals surface area contributed by atoms with Crippen molar-refractivity contribution in [3.8, 4) is 89.0 Å². The quantitative estimate of drug-likeness (QED) is 0.128. The monoisotopic (exact) mass is 1320 g/mol. The first kappa shape index (κ1) is 62.9. The van der Waals surface area contributed by atoms with E-state index in [1.54, 1.807) is 0 Å². The van der Waals surface area contributed by atoms with Gasteiger partial charge in [0.15, 0.2) is 0 Å². The molecule has 0 atom stereocenters. The van der Waals surface area contributed by atoms with E-state index in [9.17, 15) is 0 Å². The van der Waals surface area contributed by atoms with Crippen LogP contribution in [0.5, 0.6) is 0 Å². The lowest BCUT2D eigenvalue weighted by atomic mass is 9.74. The highest BCUT2D eigenvalue weighted by Gasteiger charge is 2.44. The fraction of sp³-hybridized carbons (Fsp3) is 0.100. The molecule has 1 aliphatic carbocycles. The average Bonchev–Trinajstić information content (AvgIpc) is 0.685. The van der Waals surface area contributed by atoms with Crippen molar-refractivity contribution in [2.24, 2.45) is 0 Å². The first-order chi connectivity index (χ1) is 50.4. The summed E-state index contributed by atoms with van der Waals surface area (Å²) in [4.78, 5) is 8.04. The van der Waals surface area contributed by atoms with Gasteiger partial charge in [-0.25, -0.2) is 0 Å². The maximum absolute atomic E-state index is 2.69. The van der Waals surface area contributed by atoms with Crippen LogP contribution >= 0.6 is 0 Å². The second-order valence-corrected chi connectivity index (χ2v) is 30.0. The molecule has 494 valence electrons. The van der Waals surface area contributed by atoms with Crippen molar-refractivity contribution in [1.82, 2.24) is 0 Å². The summed E-state index contributed by atoms with van der Waals surface area (Å²) in [7, 11) is 0. The molecule has 15 aromatic rings. The second kappa shape index (κ2) is 25.4. The van der Waals surface area contributed by atoms with Crippen LogP contribution in [0, 0.1) is 0 Å². The molecule has 0 saturated heterocycles. The highest BCUT2D eigenvalue weighted by Crippen LogP contribution is 2.68. The zero-order valence-corrected chi connectivity index (χ0v) is 59.1. The van der Waals surface area contributed by atoms with Crippen LogP contribution < -0.4 is 14.7 Å². The smallest absolute Gasteiger partial charge is 0.0948 e. The molecule has 0 aromatic heterocycles. The van der Waals surface area contributed by atoms with Crippen molar-refractivity contribution in [2.45, 2.75) is 64.7 Å². The lowest BCUT2D eigenvalue weighted by Crippen LogP contribution is -2.31. The number of benzene rings is 15. The molecule has 0 saturated carbocycles. The number of hydrogen-bond acceptors (Lipinski definition) is 3. The molecular weight excluding hydrogens is 1240 g/mol. The molecule has 2 heterocycles. The van der Waals surface area contributed by atoms with E-state index in [2.05, 4.69) is 408 Å². The lowest BCUT2D eigenvalue weighted by molar-refractivity contribution is 0.590. The van der Waals surface area contributed by atoms with E-state index >= 15 is 0 Å². The molecule has 3 nitrogen and oxygen atoms in total. The average molecular weight is 1320 g/mol. The Kier molecular flexibility index (Phi) is 15.5. The Morgan fingerprint density at radius 1 is 0.223 bits per heavy atom. The lowest BCUT2D eigenvalue weighted by Gasteiger charge is -2.49. The summed E-state index contributed by atoms with van der Waals surface area (Å²) in [6.45, 7) is 13.8. The van der Waals surface area contributed by atoms with E-state index in [1.165, 1.54) is 38.9 Å². The van der Waals surface area contributed by atoms with Crippen molar-refractivity contribution < 1.29 is 0 Å². The Balaban J connectivity index is 1.04. The maximum atomic E-state index is 2.69. The molecule has 0 spiro atoms. The molecule has 0 amide bonds. The Hall–Kier alpha value is -12.3. The van der Waals surface area contributed by atoms with Gasteiger partial charge < -0.3 is 14.7 Å². The summed E-state index contributed by atoms with van der Waals surface area (Å²) in [5.74, 6) is -0.134. The summed E-state index contributed by atoms with van der Waals surface area (Å²) in [5.41, 5.74) is 37.0. The minimum atomic E-state index is -0.134. The van der Waals surface area contributed by atoms with Gasteiger partial charge in [0.25, 0.3) is 0 Å². The molecule has 0 N–H and O–H groups in total. The van der Waals surface area contributed by atoms with Crippen LogP contribution in [0.1, 0.15) is 86.4 Å². The van der Waals surface area contributed by atoms with E-state index in [0.29, 0.717) is 0 Å². The molecule has 15 aromatic carbocycles. The second-order valence-electron chi connectivity index (χ2n) is 30.0. The number of hydrogen-bond donors (Lipinski definition) is 0. The maximum Gasteiger partial charge on any atom is 0.0948 e. The van der Waals surface area contributed by atoms with E-state index < -0.39 is 0 Å². The van der Waals surface area contributed by atoms with Crippen molar-refractivity contribution in [3.05, 3.63) is 391 Å². The Bertz CT molecular complexity index is 5220. The van der Waals surface area contributed by atoms with Gasteiger partial charge in [-0.15, -0.1) is 0 Å². The highest BCUT2D eigenvalue weighted by atomic mass is 15.3. The molecular formula is C100H79N3. The van der Waals surface area contributed by atoms with Crippen LogP contribution in [0.3, 0.4) is 0 Å². The number of nitrogens with zero attached hydrogens (tertiary/aromatic N) is 3.